The molecule has 0 fully saturated rings. The molecule has 1 aliphatic heterocycles. The van der Waals surface area contributed by atoms with E-state index in [9.17, 15) is 4.79 Å². The summed E-state index contributed by atoms with van der Waals surface area (Å²) >= 11 is 1.61. The first-order valence-corrected chi connectivity index (χ1v) is 8.22. The highest BCUT2D eigenvalue weighted by Gasteiger charge is 2.32. The first-order valence-electron chi connectivity index (χ1n) is 7.27. The molecule has 1 aliphatic rings. The Morgan fingerprint density at radius 3 is 2.83 bits per heavy atom. The van der Waals surface area contributed by atoms with E-state index in [1.807, 2.05) is 38.1 Å². The largest absolute Gasteiger partial charge is 0.481 e. The summed E-state index contributed by atoms with van der Waals surface area (Å²) in [6, 6.07) is 7.80. The zero-order valence-electron chi connectivity index (χ0n) is 12.9. The quantitative estimate of drug-likeness (QED) is 0.851. The van der Waals surface area contributed by atoms with Gasteiger partial charge in [0.15, 0.2) is 5.82 Å². The van der Waals surface area contributed by atoms with Crippen LogP contribution in [0.1, 0.15) is 29.0 Å². The van der Waals surface area contributed by atoms with Gasteiger partial charge in [-0.15, -0.1) is 18.2 Å². The van der Waals surface area contributed by atoms with E-state index in [-0.39, 0.29) is 23.0 Å². The number of nitrogens with one attached hydrogen (secondary N) is 2. The van der Waals surface area contributed by atoms with Gasteiger partial charge in [0.25, 0.3) is 0 Å². The smallest absolute Gasteiger partial charge is 0.238 e. The van der Waals surface area contributed by atoms with Crippen molar-refractivity contribution in [3.63, 3.8) is 0 Å². The second-order valence-corrected chi connectivity index (χ2v) is 6.77. The predicted molar refractivity (Wildman–Crippen MR) is 91.6 cm³/mol. The Bertz CT molecular complexity index is 761. The molecule has 23 heavy (non-hydrogen) atoms. The highest BCUT2D eigenvalue weighted by molar-refractivity contribution is 8.01. The maximum atomic E-state index is 12.1. The summed E-state index contributed by atoms with van der Waals surface area (Å²) < 4.78 is 5.41. The van der Waals surface area contributed by atoms with Crippen molar-refractivity contribution in [2.24, 2.45) is 0 Å². The topological polar surface area (TPSA) is 67.0 Å². The van der Waals surface area contributed by atoms with Crippen LogP contribution in [0.25, 0.3) is 0 Å². The monoisotopic (exact) mass is 327 g/mol. The van der Waals surface area contributed by atoms with Crippen LogP contribution in [0.4, 0.5) is 5.82 Å². The van der Waals surface area contributed by atoms with Gasteiger partial charge in [0, 0.05) is 11.3 Å². The number of H-pyrrole nitrogens is 1. The van der Waals surface area contributed by atoms with Gasteiger partial charge in [-0.1, -0.05) is 18.1 Å². The maximum Gasteiger partial charge on any atom is 0.238 e. The van der Waals surface area contributed by atoms with Crippen molar-refractivity contribution in [3.05, 3.63) is 41.1 Å². The molecule has 2 heterocycles. The van der Waals surface area contributed by atoms with E-state index in [1.165, 1.54) is 0 Å². The molecule has 6 heteroatoms. The van der Waals surface area contributed by atoms with Crippen LogP contribution in [0.5, 0.6) is 5.75 Å². The number of carbonyl (C=O) groups excluding carboxylic acids is 1. The lowest BCUT2D eigenvalue weighted by Gasteiger charge is -2.18. The number of terminal acetylenes is 1. The van der Waals surface area contributed by atoms with Crippen molar-refractivity contribution in [3.8, 4) is 18.1 Å². The molecule has 118 valence electrons. The number of hydrogen-bond acceptors (Lipinski definition) is 4. The lowest BCUT2D eigenvalue weighted by atomic mass is 10.0. The van der Waals surface area contributed by atoms with Gasteiger partial charge < -0.3 is 10.1 Å². The minimum Gasteiger partial charge on any atom is -0.481 e. The van der Waals surface area contributed by atoms with Crippen molar-refractivity contribution in [1.82, 2.24) is 10.2 Å². The number of anilines is 1. The minimum absolute atomic E-state index is 0.0272. The fourth-order valence-electron chi connectivity index (χ4n) is 2.52. The lowest BCUT2D eigenvalue weighted by molar-refractivity contribution is -0.115. The van der Waals surface area contributed by atoms with E-state index in [2.05, 4.69) is 21.4 Å². The number of hydrogen-bond donors (Lipinski definition) is 2. The van der Waals surface area contributed by atoms with Gasteiger partial charge in [0.2, 0.25) is 5.91 Å². The molecule has 3 rings (SSSR count). The number of fused-ring (bicyclic) bond motifs is 1. The molecule has 5 nitrogen and oxygen atoms in total. The number of aryl methyl sites for hydroxylation is 1. The molecular formula is C17H17N3O2S. The summed E-state index contributed by atoms with van der Waals surface area (Å²) in [7, 11) is 0. The predicted octanol–water partition coefficient (Wildman–Crippen LogP) is 2.89. The zero-order valence-corrected chi connectivity index (χ0v) is 13.7. The molecule has 2 aromatic rings. The summed E-state index contributed by atoms with van der Waals surface area (Å²) in [5.74, 6) is 3.76. The number of aromatic amines is 1. The lowest BCUT2D eigenvalue weighted by Crippen LogP contribution is -2.21. The summed E-state index contributed by atoms with van der Waals surface area (Å²) in [5, 5.41) is 9.92. The standard InChI is InChI=1S/C17H17N3O2S/c1-4-9-22-13-7-5-12(6-8-13)15-14-10(2)19-20-16(14)18-17(21)11(3)23-15/h1,5-8,11,15H,9H2,2-3H3,(H2,18,19,20,21). The Kier molecular flexibility index (Phi) is 4.30. The SMILES string of the molecule is C#CCOc1ccc(C2SC(C)C(=O)Nc3n[nH]c(C)c32)cc1. The van der Waals surface area contributed by atoms with E-state index in [1.54, 1.807) is 11.8 Å². The Morgan fingerprint density at radius 1 is 1.39 bits per heavy atom. The number of rotatable bonds is 3. The number of ether oxygens (including phenoxy) is 1. The van der Waals surface area contributed by atoms with E-state index in [4.69, 9.17) is 11.2 Å². The first-order chi connectivity index (χ1) is 11.1. The van der Waals surface area contributed by atoms with Crippen LogP contribution in [0.3, 0.4) is 0 Å². The van der Waals surface area contributed by atoms with Gasteiger partial charge in [-0.3, -0.25) is 9.89 Å². The Balaban J connectivity index is 1.95. The molecule has 1 aromatic carbocycles. The van der Waals surface area contributed by atoms with E-state index >= 15 is 0 Å². The molecule has 0 bridgehead atoms. The molecule has 0 radical (unpaired) electrons. The Labute approximate surface area is 139 Å². The third kappa shape index (κ3) is 3.06. The molecule has 0 aliphatic carbocycles. The number of benzene rings is 1. The van der Waals surface area contributed by atoms with Crippen LogP contribution in [-0.2, 0) is 4.79 Å². The average Bonchev–Trinajstić information content (AvgIpc) is 2.85. The summed E-state index contributed by atoms with van der Waals surface area (Å²) in [6.07, 6.45) is 5.20. The number of thioether (sulfide) groups is 1. The van der Waals surface area contributed by atoms with Gasteiger partial charge in [0.05, 0.1) is 10.5 Å². The normalized spacial score (nSPS) is 20.1. The average molecular weight is 327 g/mol. The van der Waals surface area contributed by atoms with E-state index in [0.29, 0.717) is 5.82 Å². The Hall–Kier alpha value is -2.39. The van der Waals surface area contributed by atoms with Crippen LogP contribution in [0.2, 0.25) is 0 Å². The van der Waals surface area contributed by atoms with Crippen molar-refractivity contribution >= 4 is 23.5 Å². The number of aromatic nitrogens is 2. The second kappa shape index (κ2) is 6.39. The molecule has 0 saturated carbocycles. The van der Waals surface area contributed by atoms with Crippen molar-refractivity contribution in [2.45, 2.75) is 24.3 Å². The highest BCUT2D eigenvalue weighted by atomic mass is 32.2. The van der Waals surface area contributed by atoms with E-state index in [0.717, 1.165) is 22.6 Å². The van der Waals surface area contributed by atoms with Crippen molar-refractivity contribution in [2.75, 3.05) is 11.9 Å². The van der Waals surface area contributed by atoms with Gasteiger partial charge in [-0.2, -0.15) is 5.10 Å². The van der Waals surface area contributed by atoms with E-state index < -0.39 is 0 Å². The summed E-state index contributed by atoms with van der Waals surface area (Å²) in [4.78, 5) is 12.1. The molecule has 2 atom stereocenters. The molecule has 0 saturated heterocycles. The van der Waals surface area contributed by atoms with Crippen LogP contribution in [-0.4, -0.2) is 28.0 Å². The fraction of sp³-hybridized carbons (Fsp3) is 0.294. The fourth-order valence-corrected chi connectivity index (χ4v) is 3.84. The molecule has 1 amide bonds. The second-order valence-electron chi connectivity index (χ2n) is 5.32. The van der Waals surface area contributed by atoms with Gasteiger partial charge in [0.1, 0.15) is 12.4 Å². The van der Waals surface area contributed by atoms with Crippen molar-refractivity contribution < 1.29 is 9.53 Å². The van der Waals surface area contributed by atoms with Crippen LogP contribution < -0.4 is 10.1 Å². The highest BCUT2D eigenvalue weighted by Crippen LogP contribution is 2.44. The van der Waals surface area contributed by atoms with Gasteiger partial charge in [-0.05, 0) is 31.5 Å². The molecule has 2 unspecified atom stereocenters. The van der Waals surface area contributed by atoms with Gasteiger partial charge >= 0.3 is 0 Å². The van der Waals surface area contributed by atoms with Gasteiger partial charge in [-0.25, -0.2) is 0 Å². The summed E-state index contributed by atoms with van der Waals surface area (Å²) in [6.45, 7) is 4.12. The Morgan fingerprint density at radius 2 is 2.13 bits per heavy atom. The maximum absolute atomic E-state index is 12.1. The molecular weight excluding hydrogens is 310 g/mol. The van der Waals surface area contributed by atoms with Crippen LogP contribution in [0.15, 0.2) is 24.3 Å². The zero-order chi connectivity index (χ0) is 16.4. The third-order valence-electron chi connectivity index (χ3n) is 3.71. The van der Waals surface area contributed by atoms with Crippen LogP contribution >= 0.6 is 11.8 Å². The molecule has 0 spiro atoms. The summed E-state index contributed by atoms with van der Waals surface area (Å²) in [5.41, 5.74) is 3.07. The van der Waals surface area contributed by atoms with Crippen LogP contribution in [0, 0.1) is 19.3 Å². The number of carbonyl (C=O) groups is 1. The molecule has 1 aromatic heterocycles. The number of amides is 1. The molecule has 2 N–H and O–H groups in total. The number of nitrogens with zero attached hydrogens (tertiary/aromatic N) is 1. The first kappa shape index (κ1) is 15.5. The minimum atomic E-state index is -0.161. The van der Waals surface area contributed by atoms with Crippen molar-refractivity contribution in [1.29, 1.82) is 0 Å². The third-order valence-corrected chi connectivity index (χ3v) is 5.12.